The first-order chi connectivity index (χ1) is 9.58. The van der Waals surface area contributed by atoms with E-state index in [1.807, 2.05) is 4.90 Å². The minimum Gasteiger partial charge on any atom is -0.481 e. The molecule has 0 radical (unpaired) electrons. The summed E-state index contributed by atoms with van der Waals surface area (Å²) in [6, 6.07) is -0.0207. The summed E-state index contributed by atoms with van der Waals surface area (Å²) in [5.41, 5.74) is 0. The quantitative estimate of drug-likeness (QED) is 0.758. The topological polar surface area (TPSA) is 86.7 Å². The monoisotopic (exact) mass is 280 g/mol. The van der Waals surface area contributed by atoms with Crippen molar-refractivity contribution in [3.8, 4) is 0 Å². The average Bonchev–Trinajstić information content (AvgIpc) is 3.05. The predicted octanol–water partition coefficient (Wildman–Crippen LogP) is 0.224. The molecular weight excluding hydrogens is 260 g/mol. The van der Waals surface area contributed by atoms with Crippen LogP contribution in [0.3, 0.4) is 0 Å². The lowest BCUT2D eigenvalue weighted by Crippen LogP contribution is -2.50. The Balaban J connectivity index is 1.68. The van der Waals surface area contributed by atoms with Crippen molar-refractivity contribution < 1.29 is 19.5 Å². The van der Waals surface area contributed by atoms with E-state index < -0.39 is 5.97 Å². The second-order valence-corrected chi connectivity index (χ2v) is 6.14. The number of aliphatic carboxylic acids is 1. The summed E-state index contributed by atoms with van der Waals surface area (Å²) in [4.78, 5) is 37.2. The maximum Gasteiger partial charge on any atom is 0.306 e. The average molecular weight is 280 g/mol. The van der Waals surface area contributed by atoms with Crippen molar-refractivity contribution in [2.75, 3.05) is 13.1 Å². The van der Waals surface area contributed by atoms with Crippen LogP contribution < -0.4 is 5.32 Å². The number of amides is 2. The van der Waals surface area contributed by atoms with Crippen molar-refractivity contribution in [3.63, 3.8) is 0 Å². The molecule has 3 aliphatic rings. The van der Waals surface area contributed by atoms with Gasteiger partial charge in [-0.1, -0.05) is 0 Å². The maximum absolute atomic E-state index is 12.6. The molecule has 3 fully saturated rings. The number of carboxylic acids is 1. The Kier molecular flexibility index (Phi) is 3.40. The largest absolute Gasteiger partial charge is 0.481 e. The van der Waals surface area contributed by atoms with Crippen LogP contribution in [0.25, 0.3) is 0 Å². The molecule has 0 spiro atoms. The Bertz CT molecular complexity index is 450. The fraction of sp³-hybridized carbons (Fsp3) is 0.786. The Morgan fingerprint density at radius 2 is 1.95 bits per heavy atom. The Hall–Kier alpha value is -1.59. The molecule has 110 valence electrons. The van der Waals surface area contributed by atoms with Crippen LogP contribution in [0.1, 0.15) is 32.1 Å². The highest BCUT2D eigenvalue weighted by molar-refractivity contribution is 5.86. The maximum atomic E-state index is 12.6. The van der Waals surface area contributed by atoms with Crippen molar-refractivity contribution >= 4 is 17.8 Å². The summed E-state index contributed by atoms with van der Waals surface area (Å²) >= 11 is 0. The summed E-state index contributed by atoms with van der Waals surface area (Å²) < 4.78 is 0. The smallest absolute Gasteiger partial charge is 0.306 e. The number of nitrogens with zero attached hydrogens (tertiary/aromatic N) is 1. The summed E-state index contributed by atoms with van der Waals surface area (Å²) in [6.45, 7) is 1.24. The number of piperidine rings is 1. The van der Waals surface area contributed by atoms with E-state index in [1.165, 1.54) is 0 Å². The van der Waals surface area contributed by atoms with Gasteiger partial charge in [0.25, 0.3) is 0 Å². The first-order valence-electron chi connectivity index (χ1n) is 7.39. The van der Waals surface area contributed by atoms with Crippen LogP contribution >= 0.6 is 0 Å². The summed E-state index contributed by atoms with van der Waals surface area (Å²) in [5, 5.41) is 11.9. The van der Waals surface area contributed by atoms with E-state index in [-0.39, 0.29) is 35.6 Å². The molecule has 6 heteroatoms. The van der Waals surface area contributed by atoms with E-state index in [1.54, 1.807) is 0 Å². The third-order valence-electron chi connectivity index (χ3n) is 5.02. The zero-order chi connectivity index (χ0) is 14.3. The molecule has 3 rings (SSSR count). The van der Waals surface area contributed by atoms with Gasteiger partial charge in [-0.15, -0.1) is 0 Å². The number of carboxylic acid groups (broad SMARTS) is 1. The second kappa shape index (κ2) is 5.07. The summed E-state index contributed by atoms with van der Waals surface area (Å²) in [7, 11) is 0. The molecule has 1 saturated carbocycles. The van der Waals surface area contributed by atoms with E-state index in [9.17, 15) is 14.4 Å². The number of fused-ring (bicyclic) bond motifs is 1. The second-order valence-electron chi connectivity index (χ2n) is 6.14. The van der Waals surface area contributed by atoms with Crippen molar-refractivity contribution in [1.29, 1.82) is 0 Å². The lowest BCUT2D eigenvalue weighted by atomic mass is 9.90. The fourth-order valence-corrected chi connectivity index (χ4v) is 3.89. The van der Waals surface area contributed by atoms with Crippen LogP contribution in [-0.4, -0.2) is 46.9 Å². The first kappa shape index (κ1) is 13.4. The SMILES string of the molecule is O=C(O)C1CCC(C(=O)N2CCCC3C(=O)NCC32)C1. The van der Waals surface area contributed by atoms with E-state index in [0.717, 1.165) is 12.8 Å². The number of nitrogens with one attached hydrogen (secondary N) is 1. The van der Waals surface area contributed by atoms with Crippen LogP contribution in [0.4, 0.5) is 0 Å². The molecule has 0 bridgehead atoms. The molecule has 2 amide bonds. The Morgan fingerprint density at radius 1 is 1.20 bits per heavy atom. The van der Waals surface area contributed by atoms with Gasteiger partial charge in [0.2, 0.25) is 11.8 Å². The molecule has 6 nitrogen and oxygen atoms in total. The fourth-order valence-electron chi connectivity index (χ4n) is 3.89. The van der Waals surface area contributed by atoms with Crippen LogP contribution in [0, 0.1) is 17.8 Å². The van der Waals surface area contributed by atoms with Gasteiger partial charge in [-0.2, -0.15) is 0 Å². The highest BCUT2D eigenvalue weighted by atomic mass is 16.4. The molecule has 4 unspecified atom stereocenters. The van der Waals surface area contributed by atoms with E-state index in [4.69, 9.17) is 5.11 Å². The molecule has 2 heterocycles. The molecular formula is C14H20N2O4. The van der Waals surface area contributed by atoms with Crippen LogP contribution in [0.5, 0.6) is 0 Å². The summed E-state index contributed by atoms with van der Waals surface area (Å²) in [6.07, 6.45) is 3.40. The van der Waals surface area contributed by atoms with E-state index in [2.05, 4.69) is 5.32 Å². The van der Waals surface area contributed by atoms with Gasteiger partial charge in [0.1, 0.15) is 0 Å². The molecule has 4 atom stereocenters. The number of carbonyl (C=O) groups excluding carboxylic acids is 2. The zero-order valence-electron chi connectivity index (χ0n) is 11.4. The molecule has 20 heavy (non-hydrogen) atoms. The van der Waals surface area contributed by atoms with Crippen molar-refractivity contribution in [2.45, 2.75) is 38.1 Å². The van der Waals surface area contributed by atoms with Gasteiger partial charge >= 0.3 is 5.97 Å². The number of likely N-dealkylation sites (tertiary alicyclic amines) is 1. The van der Waals surface area contributed by atoms with Gasteiger partial charge in [0.05, 0.1) is 17.9 Å². The molecule has 0 aromatic rings. The number of hydrogen-bond donors (Lipinski definition) is 2. The number of hydrogen-bond acceptors (Lipinski definition) is 3. The van der Waals surface area contributed by atoms with E-state index in [0.29, 0.717) is 32.4 Å². The van der Waals surface area contributed by atoms with Gasteiger partial charge in [-0.05, 0) is 32.1 Å². The molecule has 1 aliphatic carbocycles. The van der Waals surface area contributed by atoms with Crippen molar-refractivity contribution in [3.05, 3.63) is 0 Å². The third-order valence-corrected chi connectivity index (χ3v) is 5.02. The minimum atomic E-state index is -0.797. The van der Waals surface area contributed by atoms with Gasteiger partial charge in [0.15, 0.2) is 0 Å². The van der Waals surface area contributed by atoms with E-state index >= 15 is 0 Å². The third kappa shape index (κ3) is 2.17. The van der Waals surface area contributed by atoms with Gasteiger partial charge in [0, 0.05) is 19.0 Å². The highest BCUT2D eigenvalue weighted by Crippen LogP contribution is 2.35. The van der Waals surface area contributed by atoms with Crippen LogP contribution in [-0.2, 0) is 14.4 Å². The predicted molar refractivity (Wildman–Crippen MR) is 69.7 cm³/mol. The molecule has 0 aromatic carbocycles. The molecule has 2 N–H and O–H groups in total. The standard InChI is InChI=1S/C14H20N2O4/c17-12-10-2-1-5-16(11(10)7-15-12)13(18)8-3-4-9(6-8)14(19)20/h8-11H,1-7H2,(H,15,17)(H,19,20). The van der Waals surface area contributed by atoms with Crippen molar-refractivity contribution in [1.82, 2.24) is 10.2 Å². The summed E-state index contributed by atoms with van der Waals surface area (Å²) in [5.74, 6) is -1.31. The minimum absolute atomic E-state index is 0.0207. The number of rotatable bonds is 2. The molecule has 2 saturated heterocycles. The lowest BCUT2D eigenvalue weighted by molar-refractivity contribution is -0.142. The molecule has 2 aliphatic heterocycles. The van der Waals surface area contributed by atoms with Crippen LogP contribution in [0.15, 0.2) is 0 Å². The van der Waals surface area contributed by atoms with Gasteiger partial charge < -0.3 is 15.3 Å². The molecule has 0 aromatic heterocycles. The Labute approximate surface area is 117 Å². The van der Waals surface area contributed by atoms with Crippen molar-refractivity contribution in [2.24, 2.45) is 17.8 Å². The number of carbonyl (C=O) groups is 3. The Morgan fingerprint density at radius 3 is 2.65 bits per heavy atom. The highest BCUT2D eigenvalue weighted by Gasteiger charge is 2.45. The normalized spacial score (nSPS) is 36.6. The van der Waals surface area contributed by atoms with Gasteiger partial charge in [-0.25, -0.2) is 0 Å². The zero-order valence-corrected chi connectivity index (χ0v) is 11.4. The van der Waals surface area contributed by atoms with Crippen LogP contribution in [0.2, 0.25) is 0 Å². The van der Waals surface area contributed by atoms with Gasteiger partial charge in [-0.3, -0.25) is 14.4 Å². The lowest BCUT2D eigenvalue weighted by Gasteiger charge is -2.37. The first-order valence-corrected chi connectivity index (χ1v) is 7.39.